The molecular formula is C23H29N3O5. The molecule has 8 nitrogen and oxygen atoms in total. The Balaban J connectivity index is 1.93. The zero-order valence-corrected chi connectivity index (χ0v) is 18.5. The van der Waals surface area contributed by atoms with E-state index < -0.39 is 0 Å². The molecule has 2 heterocycles. The molecule has 0 N–H and O–H groups in total. The Kier molecular flexibility index (Phi) is 7.86. The first-order valence-electron chi connectivity index (χ1n) is 10.2. The molecule has 3 rings (SSSR count). The quantitative estimate of drug-likeness (QED) is 0.438. The van der Waals surface area contributed by atoms with Crippen LogP contribution in [-0.2, 0) is 16.5 Å². The summed E-state index contributed by atoms with van der Waals surface area (Å²) in [5, 5.41) is 4.26. The second kappa shape index (κ2) is 10.8. The maximum atomic E-state index is 12.9. The normalized spacial score (nSPS) is 11.0. The van der Waals surface area contributed by atoms with Crippen LogP contribution in [0.25, 0.3) is 16.8 Å². The van der Waals surface area contributed by atoms with E-state index in [0.717, 1.165) is 28.1 Å². The first-order chi connectivity index (χ1) is 15.0. The monoisotopic (exact) mass is 427 g/mol. The van der Waals surface area contributed by atoms with Gasteiger partial charge in [-0.2, -0.15) is 5.10 Å². The summed E-state index contributed by atoms with van der Waals surface area (Å²) in [6.07, 6.45) is 5.43. The lowest BCUT2D eigenvalue weighted by Crippen LogP contribution is -2.19. The summed E-state index contributed by atoms with van der Waals surface area (Å²) >= 11 is 0. The van der Waals surface area contributed by atoms with Crippen LogP contribution in [0.3, 0.4) is 0 Å². The zero-order chi connectivity index (χ0) is 22.2. The van der Waals surface area contributed by atoms with Crippen LogP contribution in [0.2, 0.25) is 0 Å². The molecule has 0 fully saturated rings. The first-order valence-corrected chi connectivity index (χ1v) is 10.2. The van der Waals surface area contributed by atoms with Crippen molar-refractivity contribution < 1.29 is 18.9 Å². The third-order valence-corrected chi connectivity index (χ3v) is 4.69. The topological polar surface area (TPSA) is 76.7 Å². The van der Waals surface area contributed by atoms with Crippen LogP contribution in [-0.4, -0.2) is 54.5 Å². The van der Waals surface area contributed by atoms with E-state index in [1.165, 1.54) is 6.07 Å². The number of benzene rings is 1. The number of hydrogen-bond acceptors (Lipinski definition) is 6. The van der Waals surface area contributed by atoms with Crippen molar-refractivity contribution in [3.63, 3.8) is 0 Å². The largest absolute Gasteiger partial charge is 0.494 e. The number of aromatic nitrogens is 3. The highest BCUT2D eigenvalue weighted by Crippen LogP contribution is 2.30. The number of nitrogens with zero attached hydrogens (tertiary/aromatic N) is 3. The summed E-state index contributed by atoms with van der Waals surface area (Å²) in [6, 6.07) is 7.19. The molecule has 0 aliphatic carbocycles. The smallest absolute Gasteiger partial charge is 0.258 e. The van der Waals surface area contributed by atoms with Gasteiger partial charge in [-0.15, -0.1) is 0 Å². The second-order valence-electron chi connectivity index (χ2n) is 7.00. The van der Waals surface area contributed by atoms with Gasteiger partial charge in [0.1, 0.15) is 18.1 Å². The van der Waals surface area contributed by atoms with Gasteiger partial charge in [0.25, 0.3) is 5.56 Å². The van der Waals surface area contributed by atoms with Crippen LogP contribution < -0.4 is 15.0 Å². The Morgan fingerprint density at radius 3 is 2.52 bits per heavy atom. The lowest BCUT2D eigenvalue weighted by molar-refractivity contribution is 0.0545. The van der Waals surface area contributed by atoms with E-state index >= 15 is 0 Å². The highest BCUT2D eigenvalue weighted by Gasteiger charge is 2.14. The Bertz CT molecular complexity index is 1060. The first kappa shape index (κ1) is 22.6. The molecule has 0 aliphatic heterocycles. The van der Waals surface area contributed by atoms with Crippen molar-refractivity contribution in [3.8, 4) is 28.3 Å². The molecule has 166 valence electrons. The second-order valence-corrected chi connectivity index (χ2v) is 7.00. The van der Waals surface area contributed by atoms with Gasteiger partial charge in [-0.1, -0.05) is 0 Å². The highest BCUT2D eigenvalue weighted by molar-refractivity contribution is 5.69. The maximum Gasteiger partial charge on any atom is 0.258 e. The van der Waals surface area contributed by atoms with Gasteiger partial charge in [0.15, 0.2) is 0 Å². The van der Waals surface area contributed by atoms with Crippen LogP contribution in [0.5, 0.6) is 11.5 Å². The average molecular weight is 428 g/mol. The molecule has 2 aromatic heterocycles. The van der Waals surface area contributed by atoms with Crippen molar-refractivity contribution in [2.75, 3.05) is 40.1 Å². The standard InChI is InChI=1S/C23H29N3O5/c1-5-30-19-6-7-21(17(2)12-19)26-16-20(18-14-24-25(3)15-18)22(13-23(26)27)31-11-10-29-9-8-28-4/h6-7,12-16H,5,8-11H2,1-4H3. The van der Waals surface area contributed by atoms with Crippen LogP contribution in [0.15, 0.2) is 47.7 Å². The molecule has 3 aromatic rings. The lowest BCUT2D eigenvalue weighted by Gasteiger charge is -2.16. The summed E-state index contributed by atoms with van der Waals surface area (Å²) < 4.78 is 25.2. The molecule has 0 saturated heterocycles. The minimum absolute atomic E-state index is 0.185. The van der Waals surface area contributed by atoms with E-state index in [1.54, 1.807) is 28.8 Å². The summed E-state index contributed by atoms with van der Waals surface area (Å²) in [5.74, 6) is 1.27. The molecule has 0 bridgehead atoms. The molecule has 1 aromatic carbocycles. The predicted octanol–water partition coefficient (Wildman–Crippen LogP) is 2.99. The van der Waals surface area contributed by atoms with E-state index in [0.29, 0.717) is 38.8 Å². The summed E-state index contributed by atoms with van der Waals surface area (Å²) in [5.41, 5.74) is 3.17. The molecule has 0 spiro atoms. The van der Waals surface area contributed by atoms with Crippen LogP contribution >= 0.6 is 0 Å². The molecule has 0 atom stereocenters. The van der Waals surface area contributed by atoms with E-state index in [-0.39, 0.29) is 5.56 Å². The zero-order valence-electron chi connectivity index (χ0n) is 18.5. The fourth-order valence-electron chi connectivity index (χ4n) is 3.21. The average Bonchev–Trinajstić information content (AvgIpc) is 3.17. The highest BCUT2D eigenvalue weighted by atomic mass is 16.5. The van der Waals surface area contributed by atoms with Gasteiger partial charge in [-0.05, 0) is 37.6 Å². The molecule has 0 amide bonds. The summed E-state index contributed by atoms with van der Waals surface area (Å²) in [6.45, 7) is 6.22. The van der Waals surface area contributed by atoms with E-state index in [1.807, 2.05) is 45.3 Å². The molecular weight excluding hydrogens is 398 g/mol. The Labute approximate surface area is 181 Å². The third-order valence-electron chi connectivity index (χ3n) is 4.69. The van der Waals surface area contributed by atoms with Crippen LogP contribution in [0.4, 0.5) is 0 Å². The van der Waals surface area contributed by atoms with Crippen LogP contribution in [0.1, 0.15) is 12.5 Å². The van der Waals surface area contributed by atoms with Crippen molar-refractivity contribution in [2.24, 2.45) is 7.05 Å². The van der Waals surface area contributed by atoms with Crippen molar-refractivity contribution >= 4 is 0 Å². The number of hydrogen-bond donors (Lipinski definition) is 0. The summed E-state index contributed by atoms with van der Waals surface area (Å²) in [4.78, 5) is 12.9. The van der Waals surface area contributed by atoms with Crippen molar-refractivity contribution in [1.29, 1.82) is 0 Å². The van der Waals surface area contributed by atoms with Gasteiger partial charge in [0.05, 0.1) is 38.3 Å². The Morgan fingerprint density at radius 2 is 1.84 bits per heavy atom. The number of methoxy groups -OCH3 is 1. The molecule has 0 unspecified atom stereocenters. The van der Waals surface area contributed by atoms with Gasteiger partial charge in [-0.25, -0.2) is 0 Å². The SMILES string of the molecule is CCOc1ccc(-n2cc(-c3cnn(C)c3)c(OCCOCCOC)cc2=O)c(C)c1. The van der Waals surface area contributed by atoms with E-state index in [4.69, 9.17) is 18.9 Å². The lowest BCUT2D eigenvalue weighted by atomic mass is 10.1. The predicted molar refractivity (Wildman–Crippen MR) is 118 cm³/mol. The number of aryl methyl sites for hydroxylation is 2. The number of pyridine rings is 1. The summed E-state index contributed by atoms with van der Waals surface area (Å²) in [7, 11) is 3.47. The van der Waals surface area contributed by atoms with Crippen molar-refractivity contribution in [2.45, 2.75) is 13.8 Å². The van der Waals surface area contributed by atoms with Crippen molar-refractivity contribution in [3.05, 3.63) is 58.8 Å². The number of ether oxygens (including phenoxy) is 4. The molecule has 0 aliphatic rings. The minimum Gasteiger partial charge on any atom is -0.494 e. The van der Waals surface area contributed by atoms with Gasteiger partial charge in [-0.3, -0.25) is 14.0 Å². The number of rotatable bonds is 11. The maximum absolute atomic E-state index is 12.9. The fourth-order valence-corrected chi connectivity index (χ4v) is 3.21. The van der Waals surface area contributed by atoms with E-state index in [2.05, 4.69) is 5.10 Å². The molecule has 0 saturated carbocycles. The molecule has 0 radical (unpaired) electrons. The van der Waals surface area contributed by atoms with Gasteiger partial charge >= 0.3 is 0 Å². The van der Waals surface area contributed by atoms with Gasteiger partial charge in [0.2, 0.25) is 0 Å². The van der Waals surface area contributed by atoms with Crippen molar-refractivity contribution in [1.82, 2.24) is 14.3 Å². The Morgan fingerprint density at radius 1 is 1.03 bits per heavy atom. The van der Waals surface area contributed by atoms with Gasteiger partial charge in [0, 0.05) is 43.7 Å². The third kappa shape index (κ3) is 5.74. The minimum atomic E-state index is -0.185. The van der Waals surface area contributed by atoms with Crippen LogP contribution in [0, 0.1) is 6.92 Å². The molecule has 31 heavy (non-hydrogen) atoms. The molecule has 8 heteroatoms. The van der Waals surface area contributed by atoms with E-state index in [9.17, 15) is 4.79 Å². The fraction of sp³-hybridized carbons (Fsp3) is 0.391. The Hall–Kier alpha value is -3.10. The van der Waals surface area contributed by atoms with Gasteiger partial charge < -0.3 is 18.9 Å².